The van der Waals surface area contributed by atoms with E-state index in [1.807, 2.05) is 13.8 Å². The van der Waals surface area contributed by atoms with Crippen molar-refractivity contribution in [1.82, 2.24) is 10.2 Å². The lowest BCUT2D eigenvalue weighted by molar-refractivity contribution is -0.146. The number of rotatable bonds is 6. The Hall–Kier alpha value is -1.06. The van der Waals surface area contributed by atoms with Gasteiger partial charge in [-0.2, -0.15) is 0 Å². The minimum atomic E-state index is -0.329. The molecule has 4 heteroatoms. The maximum Gasteiger partial charge on any atom is 0.245 e. The molecule has 1 N–H and O–H groups in total. The fourth-order valence-electron chi connectivity index (χ4n) is 2.46. The molecule has 2 amide bonds. The number of hydrogen-bond acceptors (Lipinski definition) is 2. The number of amides is 2. The first-order valence-corrected chi connectivity index (χ1v) is 7.07. The molecule has 1 aliphatic heterocycles. The molecule has 104 valence electrons. The van der Waals surface area contributed by atoms with Crippen molar-refractivity contribution in [3.05, 3.63) is 0 Å². The molecule has 4 nitrogen and oxygen atoms in total. The van der Waals surface area contributed by atoms with Crippen LogP contribution in [0.3, 0.4) is 0 Å². The number of nitrogens with zero attached hydrogens (tertiary/aromatic N) is 1. The van der Waals surface area contributed by atoms with Crippen LogP contribution in [0.15, 0.2) is 0 Å². The predicted molar refractivity (Wildman–Crippen MR) is 72.0 cm³/mol. The highest BCUT2D eigenvalue weighted by Gasteiger charge is 2.35. The fraction of sp³-hybridized carbons (Fsp3) is 0.857. The van der Waals surface area contributed by atoms with Gasteiger partial charge in [0.05, 0.1) is 6.54 Å². The van der Waals surface area contributed by atoms with Gasteiger partial charge in [0.25, 0.3) is 0 Å². The van der Waals surface area contributed by atoms with Gasteiger partial charge in [-0.05, 0) is 18.3 Å². The summed E-state index contributed by atoms with van der Waals surface area (Å²) in [7, 11) is 0. The van der Waals surface area contributed by atoms with Gasteiger partial charge in [0, 0.05) is 6.54 Å². The predicted octanol–water partition coefficient (Wildman–Crippen LogP) is 1.80. The van der Waals surface area contributed by atoms with Crippen molar-refractivity contribution in [3.63, 3.8) is 0 Å². The summed E-state index contributed by atoms with van der Waals surface area (Å²) in [6, 6.07) is -0.329. The van der Waals surface area contributed by atoms with E-state index in [0.717, 1.165) is 19.3 Å². The van der Waals surface area contributed by atoms with Crippen molar-refractivity contribution in [2.24, 2.45) is 11.8 Å². The largest absolute Gasteiger partial charge is 0.342 e. The molecular weight excluding hydrogens is 228 g/mol. The van der Waals surface area contributed by atoms with Crippen molar-refractivity contribution in [2.45, 2.75) is 53.0 Å². The second kappa shape index (κ2) is 6.76. The highest BCUT2D eigenvalue weighted by atomic mass is 16.2. The van der Waals surface area contributed by atoms with Crippen LogP contribution in [0.5, 0.6) is 0 Å². The van der Waals surface area contributed by atoms with Gasteiger partial charge in [-0.25, -0.2) is 0 Å². The van der Waals surface area contributed by atoms with Crippen molar-refractivity contribution in [2.75, 3.05) is 13.1 Å². The third kappa shape index (κ3) is 3.72. The number of carbonyl (C=O) groups excluding carboxylic acids is 2. The Labute approximate surface area is 110 Å². The maximum atomic E-state index is 12.3. The van der Waals surface area contributed by atoms with Gasteiger partial charge in [-0.1, -0.05) is 40.5 Å². The molecule has 3 atom stereocenters. The summed E-state index contributed by atoms with van der Waals surface area (Å²) < 4.78 is 0. The van der Waals surface area contributed by atoms with E-state index in [2.05, 4.69) is 19.2 Å². The Kier molecular flexibility index (Phi) is 5.63. The number of hydrogen-bond donors (Lipinski definition) is 1. The van der Waals surface area contributed by atoms with Crippen LogP contribution in [0.1, 0.15) is 47.0 Å². The van der Waals surface area contributed by atoms with E-state index in [-0.39, 0.29) is 30.3 Å². The number of nitrogens with one attached hydrogen (secondary N) is 1. The SMILES string of the molecule is CCCC(C)CN1CC(=O)NC(C(C)CC)C1=O. The second-order valence-corrected chi connectivity index (χ2v) is 5.54. The molecule has 1 aliphatic rings. The Morgan fingerprint density at radius 3 is 2.56 bits per heavy atom. The summed E-state index contributed by atoms with van der Waals surface area (Å²) >= 11 is 0. The zero-order chi connectivity index (χ0) is 13.7. The van der Waals surface area contributed by atoms with Crippen LogP contribution < -0.4 is 5.32 Å². The first-order valence-electron chi connectivity index (χ1n) is 7.07. The van der Waals surface area contributed by atoms with Gasteiger partial charge in [0.15, 0.2) is 0 Å². The average Bonchev–Trinajstić information content (AvgIpc) is 2.32. The molecule has 3 unspecified atom stereocenters. The first kappa shape index (κ1) is 15.0. The third-order valence-corrected chi connectivity index (χ3v) is 3.76. The summed E-state index contributed by atoms with van der Waals surface area (Å²) in [6.07, 6.45) is 3.11. The molecule has 0 aromatic heterocycles. The van der Waals surface area contributed by atoms with Crippen LogP contribution in [0.4, 0.5) is 0 Å². The Bertz CT molecular complexity index is 304. The molecule has 1 saturated heterocycles. The second-order valence-electron chi connectivity index (χ2n) is 5.54. The molecule has 1 heterocycles. The van der Waals surface area contributed by atoms with Crippen molar-refractivity contribution in [3.8, 4) is 0 Å². The van der Waals surface area contributed by atoms with Crippen LogP contribution in [0.25, 0.3) is 0 Å². The monoisotopic (exact) mass is 254 g/mol. The zero-order valence-electron chi connectivity index (χ0n) is 12.0. The minimum Gasteiger partial charge on any atom is -0.342 e. The molecule has 0 aromatic rings. The number of piperazine rings is 1. The van der Waals surface area contributed by atoms with Crippen molar-refractivity contribution >= 4 is 11.8 Å². The van der Waals surface area contributed by atoms with Gasteiger partial charge >= 0.3 is 0 Å². The average molecular weight is 254 g/mol. The van der Waals surface area contributed by atoms with E-state index in [9.17, 15) is 9.59 Å². The molecule has 18 heavy (non-hydrogen) atoms. The van der Waals surface area contributed by atoms with Crippen LogP contribution in [-0.2, 0) is 9.59 Å². The van der Waals surface area contributed by atoms with Crippen LogP contribution in [0.2, 0.25) is 0 Å². The van der Waals surface area contributed by atoms with Crippen LogP contribution in [0, 0.1) is 11.8 Å². The van der Waals surface area contributed by atoms with Crippen molar-refractivity contribution < 1.29 is 9.59 Å². The summed E-state index contributed by atoms with van der Waals surface area (Å²) in [5.41, 5.74) is 0. The summed E-state index contributed by atoms with van der Waals surface area (Å²) in [6.45, 7) is 9.27. The standard InChI is InChI=1S/C14H26N2O2/c1-5-7-10(3)8-16-9-12(17)15-13(14(16)18)11(4)6-2/h10-11,13H,5-9H2,1-4H3,(H,15,17). The lowest BCUT2D eigenvalue weighted by Gasteiger charge is -2.36. The fourth-order valence-corrected chi connectivity index (χ4v) is 2.46. The topological polar surface area (TPSA) is 49.4 Å². The molecule has 0 saturated carbocycles. The summed E-state index contributed by atoms with van der Waals surface area (Å²) in [5.74, 6) is 0.726. The normalized spacial score (nSPS) is 23.8. The van der Waals surface area contributed by atoms with Gasteiger partial charge in [-0.15, -0.1) is 0 Å². The van der Waals surface area contributed by atoms with Gasteiger partial charge < -0.3 is 10.2 Å². The molecule has 0 radical (unpaired) electrons. The number of carbonyl (C=O) groups is 2. The zero-order valence-corrected chi connectivity index (χ0v) is 12.0. The minimum absolute atomic E-state index is 0.0244. The van der Waals surface area contributed by atoms with Gasteiger partial charge in [-0.3, -0.25) is 9.59 Å². The maximum absolute atomic E-state index is 12.3. The molecule has 0 aliphatic carbocycles. The molecule has 1 rings (SSSR count). The van der Waals surface area contributed by atoms with E-state index in [1.165, 1.54) is 0 Å². The smallest absolute Gasteiger partial charge is 0.245 e. The summed E-state index contributed by atoms with van der Waals surface area (Å²) in [4.78, 5) is 25.7. The van der Waals surface area contributed by atoms with E-state index < -0.39 is 0 Å². The quantitative estimate of drug-likeness (QED) is 0.785. The Balaban J connectivity index is 2.67. The van der Waals surface area contributed by atoms with Crippen LogP contribution in [-0.4, -0.2) is 35.8 Å². The van der Waals surface area contributed by atoms with Gasteiger partial charge in [0.2, 0.25) is 11.8 Å². The molecule has 1 fully saturated rings. The molecule has 0 aromatic carbocycles. The lowest BCUT2D eigenvalue weighted by atomic mass is 9.95. The Morgan fingerprint density at radius 2 is 2.00 bits per heavy atom. The Morgan fingerprint density at radius 1 is 1.33 bits per heavy atom. The van der Waals surface area contributed by atoms with Crippen molar-refractivity contribution in [1.29, 1.82) is 0 Å². The first-order chi connectivity index (χ1) is 8.49. The van der Waals surface area contributed by atoms with E-state index in [4.69, 9.17) is 0 Å². The highest BCUT2D eigenvalue weighted by Crippen LogP contribution is 2.16. The lowest BCUT2D eigenvalue weighted by Crippen LogP contribution is -2.60. The van der Waals surface area contributed by atoms with E-state index >= 15 is 0 Å². The molecular formula is C14H26N2O2. The van der Waals surface area contributed by atoms with E-state index in [0.29, 0.717) is 12.5 Å². The third-order valence-electron chi connectivity index (χ3n) is 3.76. The molecule has 0 bridgehead atoms. The van der Waals surface area contributed by atoms with E-state index in [1.54, 1.807) is 4.90 Å². The molecule has 0 spiro atoms. The van der Waals surface area contributed by atoms with Gasteiger partial charge in [0.1, 0.15) is 6.04 Å². The van der Waals surface area contributed by atoms with Crippen LogP contribution >= 0.6 is 0 Å². The highest BCUT2D eigenvalue weighted by molar-refractivity contribution is 5.95. The summed E-state index contributed by atoms with van der Waals surface area (Å²) in [5, 5.41) is 2.82.